The van der Waals surface area contributed by atoms with Gasteiger partial charge in [0.2, 0.25) is 0 Å². The summed E-state index contributed by atoms with van der Waals surface area (Å²) in [6.07, 6.45) is -1.26. The van der Waals surface area contributed by atoms with E-state index in [4.69, 9.17) is 4.74 Å². The highest BCUT2D eigenvalue weighted by atomic mass is 19.4. The molecule has 27 heavy (non-hydrogen) atoms. The van der Waals surface area contributed by atoms with Crippen molar-refractivity contribution in [1.29, 1.82) is 0 Å². The van der Waals surface area contributed by atoms with Crippen molar-refractivity contribution in [2.24, 2.45) is 0 Å². The molecule has 2 aliphatic rings. The van der Waals surface area contributed by atoms with Crippen molar-refractivity contribution in [1.82, 2.24) is 9.88 Å². The van der Waals surface area contributed by atoms with Crippen molar-refractivity contribution in [3.05, 3.63) is 29.6 Å². The summed E-state index contributed by atoms with van der Waals surface area (Å²) in [6, 6.07) is 1.81. The predicted octanol–water partition coefficient (Wildman–Crippen LogP) is 4.24. The van der Waals surface area contributed by atoms with Gasteiger partial charge in [-0.25, -0.2) is 4.79 Å². The Labute approximate surface area is 156 Å². The Balaban J connectivity index is 1.86. The highest BCUT2D eigenvalue weighted by Crippen LogP contribution is 2.45. The number of carbonyl (C=O) groups excluding carboxylic acids is 1. The van der Waals surface area contributed by atoms with E-state index in [9.17, 15) is 23.1 Å². The summed E-state index contributed by atoms with van der Waals surface area (Å²) >= 11 is 0. The first-order valence-electron chi connectivity index (χ1n) is 9.16. The number of alkyl halides is 3. The number of piperidine rings is 2. The van der Waals surface area contributed by atoms with E-state index in [1.54, 1.807) is 25.7 Å². The molecule has 8 heteroatoms. The number of carbonyl (C=O) groups is 1. The molecule has 5 nitrogen and oxygen atoms in total. The van der Waals surface area contributed by atoms with E-state index in [1.807, 2.05) is 0 Å². The van der Waals surface area contributed by atoms with E-state index in [1.165, 1.54) is 6.07 Å². The molecule has 150 valence electrons. The van der Waals surface area contributed by atoms with Gasteiger partial charge in [0.05, 0.1) is 5.60 Å². The minimum absolute atomic E-state index is 0.185. The molecule has 1 aromatic rings. The normalized spacial score (nSPS) is 28.8. The zero-order chi connectivity index (χ0) is 20.0. The average Bonchev–Trinajstić information content (AvgIpc) is 2.51. The molecule has 1 N–H and O–H groups in total. The van der Waals surface area contributed by atoms with Crippen LogP contribution in [0.5, 0.6) is 0 Å². The number of aromatic nitrogens is 1. The molecule has 1 aromatic heterocycles. The summed E-state index contributed by atoms with van der Waals surface area (Å²) in [5.41, 5.74) is -2.87. The Hall–Kier alpha value is -1.83. The smallest absolute Gasteiger partial charge is 0.433 e. The fourth-order valence-electron chi connectivity index (χ4n) is 4.15. The molecule has 0 aliphatic carbocycles. The molecule has 2 bridgehead atoms. The maximum atomic E-state index is 13.0. The van der Waals surface area contributed by atoms with E-state index in [2.05, 4.69) is 4.98 Å². The Bertz CT molecular complexity index is 701. The Morgan fingerprint density at radius 1 is 1.26 bits per heavy atom. The SMILES string of the molecule is CC(C)(C)OC(=O)N1C2CCCC1CC(O)(c1ccnc(C(F)(F)F)c1)C2. The van der Waals surface area contributed by atoms with Crippen molar-refractivity contribution in [3.63, 3.8) is 0 Å². The summed E-state index contributed by atoms with van der Waals surface area (Å²) in [4.78, 5) is 17.7. The van der Waals surface area contributed by atoms with Gasteiger partial charge < -0.3 is 14.7 Å². The van der Waals surface area contributed by atoms with Gasteiger partial charge in [-0.1, -0.05) is 0 Å². The molecular weight excluding hydrogens is 361 g/mol. The van der Waals surface area contributed by atoms with Crippen LogP contribution < -0.4 is 0 Å². The van der Waals surface area contributed by atoms with E-state index in [0.717, 1.165) is 18.7 Å². The number of fused-ring (bicyclic) bond motifs is 2. The lowest BCUT2D eigenvalue weighted by atomic mass is 9.72. The minimum Gasteiger partial charge on any atom is -0.444 e. The van der Waals surface area contributed by atoms with E-state index < -0.39 is 29.2 Å². The Morgan fingerprint density at radius 2 is 1.85 bits per heavy atom. The van der Waals surface area contributed by atoms with Crippen molar-refractivity contribution in [3.8, 4) is 0 Å². The zero-order valence-electron chi connectivity index (χ0n) is 15.7. The molecule has 2 atom stereocenters. The third-order valence-electron chi connectivity index (χ3n) is 5.20. The molecule has 1 amide bonds. The first kappa shape index (κ1) is 19.9. The molecule has 0 radical (unpaired) electrons. The third kappa shape index (κ3) is 4.20. The largest absolute Gasteiger partial charge is 0.444 e. The van der Waals surface area contributed by atoms with Gasteiger partial charge in [0.15, 0.2) is 0 Å². The highest BCUT2D eigenvalue weighted by Gasteiger charge is 2.49. The molecule has 2 aliphatic heterocycles. The highest BCUT2D eigenvalue weighted by molar-refractivity contribution is 5.69. The number of rotatable bonds is 1. The van der Waals surface area contributed by atoms with Crippen LogP contribution in [0.25, 0.3) is 0 Å². The van der Waals surface area contributed by atoms with Crippen LogP contribution in [0.1, 0.15) is 64.1 Å². The van der Waals surface area contributed by atoms with Gasteiger partial charge in [-0.3, -0.25) is 4.98 Å². The standard InChI is InChI=1S/C19H25F3N2O3/c1-17(2,3)27-16(25)24-13-5-4-6-14(24)11-18(26,10-13)12-7-8-23-15(9-12)19(20,21)22/h7-9,13-14,26H,4-6,10-11H2,1-3H3. The number of hydrogen-bond acceptors (Lipinski definition) is 4. The second-order valence-electron chi connectivity index (χ2n) is 8.49. The summed E-state index contributed by atoms with van der Waals surface area (Å²) < 4.78 is 44.5. The van der Waals surface area contributed by atoms with Crippen LogP contribution in [0.4, 0.5) is 18.0 Å². The first-order valence-corrected chi connectivity index (χ1v) is 9.16. The third-order valence-corrected chi connectivity index (χ3v) is 5.20. The lowest BCUT2D eigenvalue weighted by molar-refractivity contribution is -0.141. The molecule has 0 spiro atoms. The number of nitrogens with zero attached hydrogens (tertiary/aromatic N) is 2. The van der Waals surface area contributed by atoms with Gasteiger partial charge in [0.1, 0.15) is 11.3 Å². The summed E-state index contributed by atoms with van der Waals surface area (Å²) in [7, 11) is 0. The van der Waals surface area contributed by atoms with Gasteiger partial charge in [-0.15, -0.1) is 0 Å². The van der Waals surface area contributed by atoms with Crippen LogP contribution in [-0.4, -0.2) is 38.8 Å². The number of halogens is 3. The van der Waals surface area contributed by atoms with Crippen molar-refractivity contribution >= 4 is 6.09 Å². The van der Waals surface area contributed by atoms with Crippen LogP contribution in [0.2, 0.25) is 0 Å². The minimum atomic E-state index is -4.57. The molecular formula is C19H25F3N2O3. The maximum Gasteiger partial charge on any atom is 0.433 e. The lowest BCUT2D eigenvalue weighted by Crippen LogP contribution is -2.59. The topological polar surface area (TPSA) is 62.7 Å². The lowest BCUT2D eigenvalue weighted by Gasteiger charge is -2.51. The van der Waals surface area contributed by atoms with Crippen LogP contribution in [-0.2, 0) is 16.5 Å². The molecule has 0 saturated carbocycles. The van der Waals surface area contributed by atoms with Crippen LogP contribution in [0.3, 0.4) is 0 Å². The van der Waals surface area contributed by atoms with Crippen LogP contribution in [0, 0.1) is 0 Å². The predicted molar refractivity (Wildman–Crippen MR) is 91.9 cm³/mol. The quantitative estimate of drug-likeness (QED) is 0.784. The van der Waals surface area contributed by atoms with E-state index >= 15 is 0 Å². The second kappa shape index (κ2) is 6.65. The van der Waals surface area contributed by atoms with Crippen molar-refractivity contribution in [2.45, 2.75) is 82.3 Å². The van der Waals surface area contributed by atoms with Crippen molar-refractivity contribution in [2.75, 3.05) is 0 Å². The van der Waals surface area contributed by atoms with Crippen molar-refractivity contribution < 1.29 is 27.8 Å². The van der Waals surface area contributed by atoms with E-state index in [0.29, 0.717) is 12.8 Å². The second-order valence-corrected chi connectivity index (χ2v) is 8.49. The number of pyridine rings is 1. The van der Waals surface area contributed by atoms with Gasteiger partial charge in [-0.05, 0) is 57.7 Å². The summed E-state index contributed by atoms with van der Waals surface area (Å²) in [5, 5.41) is 11.2. The maximum absolute atomic E-state index is 13.0. The average molecular weight is 386 g/mol. The monoisotopic (exact) mass is 386 g/mol. The fraction of sp³-hybridized carbons (Fsp3) is 0.684. The van der Waals surface area contributed by atoms with Gasteiger partial charge in [0, 0.05) is 31.1 Å². The Morgan fingerprint density at radius 3 is 2.37 bits per heavy atom. The van der Waals surface area contributed by atoms with Gasteiger partial charge in [-0.2, -0.15) is 13.2 Å². The number of hydrogen-bond donors (Lipinski definition) is 1. The fourth-order valence-corrected chi connectivity index (χ4v) is 4.15. The van der Waals surface area contributed by atoms with E-state index in [-0.39, 0.29) is 30.5 Å². The number of ether oxygens (including phenoxy) is 1. The van der Waals surface area contributed by atoms with Crippen LogP contribution in [0.15, 0.2) is 18.3 Å². The number of aliphatic hydroxyl groups is 1. The Kier molecular flexibility index (Phi) is 4.91. The number of amides is 1. The molecule has 2 fully saturated rings. The molecule has 3 rings (SSSR count). The molecule has 0 aromatic carbocycles. The molecule has 2 saturated heterocycles. The zero-order valence-corrected chi connectivity index (χ0v) is 15.7. The van der Waals surface area contributed by atoms with Gasteiger partial charge >= 0.3 is 12.3 Å². The first-order chi connectivity index (χ1) is 12.4. The van der Waals surface area contributed by atoms with Crippen LogP contribution >= 0.6 is 0 Å². The summed E-state index contributed by atoms with van der Waals surface area (Å²) in [6.45, 7) is 5.36. The molecule has 3 heterocycles. The molecule has 2 unspecified atom stereocenters. The van der Waals surface area contributed by atoms with Gasteiger partial charge in [0.25, 0.3) is 0 Å². The summed E-state index contributed by atoms with van der Waals surface area (Å²) in [5.74, 6) is 0.